The lowest BCUT2D eigenvalue weighted by molar-refractivity contribution is -0.143. The van der Waals surface area contributed by atoms with Gasteiger partial charge < -0.3 is 15.2 Å². The van der Waals surface area contributed by atoms with Crippen LogP contribution in [0.25, 0.3) is 0 Å². The highest BCUT2D eigenvalue weighted by molar-refractivity contribution is 9.10. The molecule has 1 aliphatic heterocycles. The summed E-state index contributed by atoms with van der Waals surface area (Å²) in [5.74, 6) is 0.398. The van der Waals surface area contributed by atoms with Crippen molar-refractivity contribution in [1.82, 2.24) is 0 Å². The van der Waals surface area contributed by atoms with Crippen molar-refractivity contribution in [2.45, 2.75) is 26.0 Å². The van der Waals surface area contributed by atoms with E-state index in [2.05, 4.69) is 15.9 Å². The van der Waals surface area contributed by atoms with Crippen LogP contribution in [0, 0.1) is 6.92 Å². The van der Waals surface area contributed by atoms with Crippen molar-refractivity contribution in [3.63, 3.8) is 0 Å². The van der Waals surface area contributed by atoms with Gasteiger partial charge in [0.15, 0.2) is 6.10 Å². The quantitative estimate of drug-likeness (QED) is 0.866. The molecule has 2 rings (SSSR count). The van der Waals surface area contributed by atoms with Gasteiger partial charge in [-0.05, 0) is 24.6 Å². The van der Waals surface area contributed by atoms with Gasteiger partial charge in [0.05, 0.1) is 6.61 Å². The molecule has 1 saturated heterocycles. The Morgan fingerprint density at radius 1 is 1.59 bits per heavy atom. The number of rotatable bonds is 3. The van der Waals surface area contributed by atoms with Crippen molar-refractivity contribution < 1.29 is 14.3 Å². The van der Waals surface area contributed by atoms with E-state index in [1.165, 1.54) is 0 Å². The summed E-state index contributed by atoms with van der Waals surface area (Å²) < 4.78 is 11.5. The molecule has 1 aromatic carbocycles. The lowest BCUT2D eigenvalue weighted by Gasteiger charge is -2.16. The smallest absolute Gasteiger partial charge is 0.347 e. The van der Waals surface area contributed by atoms with Crippen LogP contribution >= 0.6 is 15.9 Å². The third kappa shape index (κ3) is 2.61. The number of aryl methyl sites for hydroxylation is 1. The Labute approximate surface area is 108 Å². The van der Waals surface area contributed by atoms with Gasteiger partial charge in [-0.2, -0.15) is 0 Å². The topological polar surface area (TPSA) is 61.6 Å². The van der Waals surface area contributed by atoms with Crippen LogP contribution in [0.15, 0.2) is 16.6 Å². The molecule has 5 heteroatoms. The Hall–Kier alpha value is -1.07. The number of hydrogen-bond donors (Lipinski definition) is 1. The fourth-order valence-corrected chi connectivity index (χ4v) is 2.47. The predicted octanol–water partition coefficient (Wildman–Crippen LogP) is 1.91. The SMILES string of the molecule is Cc1cc(Br)cc(CN)c1OC1CCOC1=O. The molecule has 1 atom stereocenters. The molecule has 0 bridgehead atoms. The van der Waals surface area contributed by atoms with Crippen LogP contribution in [0.3, 0.4) is 0 Å². The number of halogens is 1. The largest absolute Gasteiger partial charge is 0.478 e. The Bertz CT molecular complexity index is 448. The maximum absolute atomic E-state index is 11.4. The average molecular weight is 300 g/mol. The van der Waals surface area contributed by atoms with E-state index in [-0.39, 0.29) is 5.97 Å². The van der Waals surface area contributed by atoms with E-state index in [4.69, 9.17) is 15.2 Å². The fourth-order valence-electron chi connectivity index (χ4n) is 1.85. The molecular weight excluding hydrogens is 286 g/mol. The van der Waals surface area contributed by atoms with Crippen LogP contribution in [0.2, 0.25) is 0 Å². The Kier molecular flexibility index (Phi) is 3.69. The zero-order valence-electron chi connectivity index (χ0n) is 9.53. The predicted molar refractivity (Wildman–Crippen MR) is 66.8 cm³/mol. The van der Waals surface area contributed by atoms with Crippen molar-refractivity contribution in [2.75, 3.05) is 6.61 Å². The van der Waals surface area contributed by atoms with Gasteiger partial charge in [0, 0.05) is 23.0 Å². The van der Waals surface area contributed by atoms with Gasteiger partial charge >= 0.3 is 5.97 Å². The monoisotopic (exact) mass is 299 g/mol. The zero-order chi connectivity index (χ0) is 12.4. The Balaban J connectivity index is 2.28. The normalized spacial score (nSPS) is 19.2. The Morgan fingerprint density at radius 3 is 2.94 bits per heavy atom. The first-order valence-corrected chi connectivity index (χ1v) is 6.23. The molecule has 92 valence electrons. The molecule has 0 aromatic heterocycles. The highest BCUT2D eigenvalue weighted by Crippen LogP contribution is 2.30. The number of cyclic esters (lactones) is 1. The minimum Gasteiger partial charge on any atom is -0.478 e. The molecule has 0 spiro atoms. The summed E-state index contributed by atoms with van der Waals surface area (Å²) >= 11 is 3.41. The highest BCUT2D eigenvalue weighted by Gasteiger charge is 2.29. The summed E-state index contributed by atoms with van der Waals surface area (Å²) in [4.78, 5) is 11.4. The molecule has 1 aliphatic rings. The van der Waals surface area contributed by atoms with E-state index < -0.39 is 6.10 Å². The first-order valence-electron chi connectivity index (χ1n) is 5.44. The second-order valence-corrected chi connectivity index (χ2v) is 4.89. The van der Waals surface area contributed by atoms with Crippen LogP contribution in [-0.4, -0.2) is 18.7 Å². The Morgan fingerprint density at radius 2 is 2.35 bits per heavy atom. The van der Waals surface area contributed by atoms with Crippen LogP contribution in [0.4, 0.5) is 0 Å². The third-order valence-corrected chi connectivity index (χ3v) is 3.14. The molecule has 4 nitrogen and oxygen atoms in total. The van der Waals surface area contributed by atoms with E-state index in [1.807, 2.05) is 19.1 Å². The molecule has 0 saturated carbocycles. The zero-order valence-corrected chi connectivity index (χ0v) is 11.1. The maximum atomic E-state index is 11.4. The van der Waals surface area contributed by atoms with Gasteiger partial charge in [0.25, 0.3) is 0 Å². The number of carbonyl (C=O) groups excluding carboxylic acids is 1. The molecule has 2 N–H and O–H groups in total. The lowest BCUT2D eigenvalue weighted by atomic mass is 10.1. The van der Waals surface area contributed by atoms with Crippen molar-refractivity contribution in [3.8, 4) is 5.75 Å². The third-order valence-electron chi connectivity index (χ3n) is 2.68. The molecule has 1 aromatic rings. The number of benzene rings is 1. The van der Waals surface area contributed by atoms with Crippen molar-refractivity contribution >= 4 is 21.9 Å². The van der Waals surface area contributed by atoms with Crippen molar-refractivity contribution in [3.05, 3.63) is 27.7 Å². The number of ether oxygens (including phenoxy) is 2. The van der Waals surface area contributed by atoms with Crippen molar-refractivity contribution in [2.24, 2.45) is 5.73 Å². The van der Waals surface area contributed by atoms with Gasteiger partial charge in [-0.1, -0.05) is 15.9 Å². The van der Waals surface area contributed by atoms with Gasteiger partial charge in [0.2, 0.25) is 0 Å². The molecule has 1 fully saturated rings. The molecular formula is C12H14BrNO3. The first kappa shape index (κ1) is 12.4. The van der Waals surface area contributed by atoms with E-state index in [0.717, 1.165) is 15.6 Å². The number of carbonyl (C=O) groups is 1. The number of nitrogens with two attached hydrogens (primary N) is 1. The van der Waals surface area contributed by atoms with E-state index >= 15 is 0 Å². The average Bonchev–Trinajstić information content (AvgIpc) is 2.68. The van der Waals surface area contributed by atoms with E-state index in [1.54, 1.807) is 0 Å². The first-order chi connectivity index (χ1) is 8.11. The second kappa shape index (κ2) is 5.06. The second-order valence-electron chi connectivity index (χ2n) is 3.98. The fraction of sp³-hybridized carbons (Fsp3) is 0.417. The van der Waals surface area contributed by atoms with E-state index in [9.17, 15) is 4.79 Å². The summed E-state index contributed by atoms with van der Waals surface area (Å²) in [6, 6.07) is 3.84. The van der Waals surface area contributed by atoms with Crippen molar-refractivity contribution in [1.29, 1.82) is 0 Å². The van der Waals surface area contributed by atoms with Gasteiger partial charge in [0.1, 0.15) is 5.75 Å². The van der Waals surface area contributed by atoms with Crippen LogP contribution in [0.5, 0.6) is 5.75 Å². The minimum absolute atomic E-state index is 0.296. The summed E-state index contributed by atoms with van der Waals surface area (Å²) in [5.41, 5.74) is 7.52. The number of esters is 1. The summed E-state index contributed by atoms with van der Waals surface area (Å²) in [6.07, 6.45) is 0.0957. The molecule has 0 radical (unpaired) electrons. The van der Waals surface area contributed by atoms with Gasteiger partial charge in [-0.25, -0.2) is 4.79 Å². The van der Waals surface area contributed by atoms with Crippen LogP contribution in [-0.2, 0) is 16.1 Å². The molecule has 0 amide bonds. The summed E-state index contributed by atoms with van der Waals surface area (Å²) in [6.45, 7) is 2.73. The van der Waals surface area contributed by atoms with Crippen LogP contribution in [0.1, 0.15) is 17.5 Å². The molecule has 1 unspecified atom stereocenters. The number of hydrogen-bond acceptors (Lipinski definition) is 4. The lowest BCUT2D eigenvalue weighted by Crippen LogP contribution is -2.23. The molecule has 0 aliphatic carbocycles. The summed E-state index contributed by atoms with van der Waals surface area (Å²) in [5, 5.41) is 0. The highest BCUT2D eigenvalue weighted by atomic mass is 79.9. The molecule has 17 heavy (non-hydrogen) atoms. The standard InChI is InChI=1S/C12H14BrNO3/c1-7-4-9(13)5-8(6-14)11(7)17-10-2-3-16-12(10)15/h4-5,10H,2-3,6,14H2,1H3. The maximum Gasteiger partial charge on any atom is 0.347 e. The summed E-state index contributed by atoms with van der Waals surface area (Å²) in [7, 11) is 0. The minimum atomic E-state index is -0.500. The van der Waals surface area contributed by atoms with Crippen LogP contribution < -0.4 is 10.5 Å². The van der Waals surface area contributed by atoms with Gasteiger partial charge in [-0.15, -0.1) is 0 Å². The van der Waals surface area contributed by atoms with Gasteiger partial charge in [-0.3, -0.25) is 0 Å². The molecule has 1 heterocycles. The van der Waals surface area contributed by atoms with E-state index in [0.29, 0.717) is 25.3 Å².